The average molecular weight is 290 g/mol. The Balaban J connectivity index is 3.12. The van der Waals surface area contributed by atoms with Crippen LogP contribution in [0.1, 0.15) is 18.6 Å². The van der Waals surface area contributed by atoms with Crippen molar-refractivity contribution in [3.05, 3.63) is 23.8 Å². The number of hydrogen-bond donors (Lipinski definition) is 1. The van der Waals surface area contributed by atoms with Crippen LogP contribution in [0.2, 0.25) is 0 Å². The van der Waals surface area contributed by atoms with Crippen LogP contribution in [-0.4, -0.2) is 37.8 Å². The van der Waals surface area contributed by atoms with Gasteiger partial charge in [-0.2, -0.15) is 8.78 Å². The Hall–Kier alpha value is -1.89. The molecule has 0 aromatic heterocycles. The molecule has 1 rings (SSSR count). The van der Waals surface area contributed by atoms with Crippen LogP contribution in [0.3, 0.4) is 0 Å². The fraction of sp³-hybridized carbons (Fsp3) is 0.462. The van der Waals surface area contributed by atoms with Crippen LogP contribution in [0.25, 0.3) is 0 Å². The van der Waals surface area contributed by atoms with E-state index in [0.29, 0.717) is 0 Å². The summed E-state index contributed by atoms with van der Waals surface area (Å²) in [5.41, 5.74) is -0.209. The van der Waals surface area contributed by atoms with E-state index < -0.39 is 18.0 Å². The van der Waals surface area contributed by atoms with Gasteiger partial charge in [-0.05, 0) is 24.6 Å². The molecule has 0 aliphatic rings. The van der Waals surface area contributed by atoms with Crippen LogP contribution in [0, 0.1) is 0 Å². The molecule has 0 aliphatic carbocycles. The van der Waals surface area contributed by atoms with Gasteiger partial charge in [0.25, 0.3) is 0 Å². The first kappa shape index (κ1) is 16.2. The number of alkyl halides is 2. The van der Waals surface area contributed by atoms with Gasteiger partial charge in [-0.25, -0.2) is 4.79 Å². The maximum absolute atomic E-state index is 13.7. The van der Waals surface area contributed by atoms with Crippen LogP contribution >= 0.6 is 0 Å². The quantitative estimate of drug-likeness (QED) is 0.811. The van der Waals surface area contributed by atoms with Crippen molar-refractivity contribution < 1.29 is 32.9 Å². The minimum Gasteiger partial charge on any atom is -0.497 e. The molecule has 0 saturated heterocycles. The van der Waals surface area contributed by atoms with E-state index in [1.165, 1.54) is 39.3 Å². The number of halogens is 2. The molecule has 0 bridgehead atoms. The summed E-state index contributed by atoms with van der Waals surface area (Å²) in [7, 11) is 2.68. The smallest absolute Gasteiger partial charge is 0.380 e. The molecular weight excluding hydrogens is 274 g/mol. The lowest BCUT2D eigenvalue weighted by atomic mass is 10.0. The highest BCUT2D eigenvalue weighted by molar-refractivity contribution is 5.78. The van der Waals surface area contributed by atoms with E-state index in [2.05, 4.69) is 4.74 Å². The molecule has 0 saturated carbocycles. The van der Waals surface area contributed by atoms with Crippen LogP contribution < -0.4 is 9.47 Å². The first-order chi connectivity index (χ1) is 9.36. The Labute approximate surface area is 115 Å². The van der Waals surface area contributed by atoms with E-state index in [4.69, 9.17) is 9.47 Å². The van der Waals surface area contributed by atoms with Crippen LogP contribution in [0.5, 0.6) is 11.5 Å². The Kier molecular flexibility index (Phi) is 5.26. The second kappa shape index (κ2) is 6.51. The van der Waals surface area contributed by atoms with Gasteiger partial charge in [0.1, 0.15) is 11.5 Å². The van der Waals surface area contributed by atoms with E-state index in [1.54, 1.807) is 0 Å². The number of aliphatic hydroxyl groups excluding tert-OH is 1. The highest BCUT2D eigenvalue weighted by atomic mass is 19.3. The predicted octanol–water partition coefficient (Wildman–Crippen LogP) is 1.94. The maximum Gasteiger partial charge on any atom is 0.380 e. The average Bonchev–Trinajstić information content (AvgIpc) is 2.45. The molecule has 0 amide bonds. The van der Waals surface area contributed by atoms with E-state index in [9.17, 15) is 18.7 Å². The zero-order valence-corrected chi connectivity index (χ0v) is 11.4. The topological polar surface area (TPSA) is 65.0 Å². The highest BCUT2D eigenvalue weighted by Crippen LogP contribution is 2.36. The van der Waals surface area contributed by atoms with E-state index >= 15 is 0 Å². The van der Waals surface area contributed by atoms with Crippen molar-refractivity contribution in [3.8, 4) is 11.5 Å². The van der Waals surface area contributed by atoms with Crippen molar-refractivity contribution in [1.29, 1.82) is 0 Å². The van der Waals surface area contributed by atoms with E-state index in [1.807, 2.05) is 0 Å². The summed E-state index contributed by atoms with van der Waals surface area (Å²) in [4.78, 5) is 11.2. The Morgan fingerprint density at radius 1 is 1.25 bits per heavy atom. The number of rotatable bonds is 6. The molecule has 0 aliphatic heterocycles. The number of carbonyl (C=O) groups excluding carboxylic acids is 1. The molecule has 1 N–H and O–H groups in total. The third-order valence-electron chi connectivity index (χ3n) is 2.58. The fourth-order valence-electron chi connectivity index (χ4n) is 1.54. The lowest BCUT2D eigenvalue weighted by molar-refractivity contribution is -0.189. The molecule has 1 atom stereocenters. The second-order valence-corrected chi connectivity index (χ2v) is 3.89. The fourth-order valence-corrected chi connectivity index (χ4v) is 1.54. The van der Waals surface area contributed by atoms with Crippen LogP contribution in [0.15, 0.2) is 18.2 Å². The summed E-state index contributed by atoms with van der Waals surface area (Å²) in [5, 5.41) is 9.72. The standard InChI is InChI=1S/C13H16F2O5/c1-4-20-12(17)13(14,15)11(16)8-5-9(18-2)7-10(6-8)19-3/h5-7,11,16H,4H2,1-3H3. The SMILES string of the molecule is CCOC(=O)C(F)(F)C(O)c1cc(OC)cc(OC)c1. The summed E-state index contributed by atoms with van der Waals surface area (Å²) >= 11 is 0. The molecule has 0 spiro atoms. The minimum absolute atomic E-state index is 0.206. The Bertz CT molecular complexity index is 454. The van der Waals surface area contributed by atoms with Gasteiger partial charge < -0.3 is 19.3 Å². The molecule has 0 heterocycles. The summed E-state index contributed by atoms with van der Waals surface area (Å²) in [6.45, 7) is 1.19. The van der Waals surface area contributed by atoms with Gasteiger partial charge in [0, 0.05) is 6.07 Å². The van der Waals surface area contributed by atoms with Gasteiger partial charge in [0.15, 0.2) is 6.10 Å². The van der Waals surface area contributed by atoms with Crippen LogP contribution in [-0.2, 0) is 9.53 Å². The zero-order chi connectivity index (χ0) is 15.3. The van der Waals surface area contributed by atoms with Crippen LogP contribution in [0.4, 0.5) is 8.78 Å². The second-order valence-electron chi connectivity index (χ2n) is 3.89. The maximum atomic E-state index is 13.7. The number of aliphatic hydroxyl groups is 1. The number of benzene rings is 1. The first-order valence-corrected chi connectivity index (χ1v) is 5.82. The lowest BCUT2D eigenvalue weighted by Gasteiger charge is -2.21. The summed E-state index contributed by atoms with van der Waals surface area (Å²) in [5.74, 6) is -5.40. The number of ether oxygens (including phenoxy) is 3. The molecule has 1 aromatic rings. The Morgan fingerprint density at radius 2 is 1.75 bits per heavy atom. The zero-order valence-electron chi connectivity index (χ0n) is 11.4. The third-order valence-corrected chi connectivity index (χ3v) is 2.58. The first-order valence-electron chi connectivity index (χ1n) is 5.82. The summed E-state index contributed by atoms with van der Waals surface area (Å²) in [6, 6.07) is 3.85. The molecule has 7 heteroatoms. The monoisotopic (exact) mass is 290 g/mol. The number of hydrogen-bond acceptors (Lipinski definition) is 5. The van der Waals surface area contributed by atoms with Crippen molar-refractivity contribution in [3.63, 3.8) is 0 Å². The molecule has 5 nitrogen and oxygen atoms in total. The molecule has 1 aromatic carbocycles. The van der Waals surface area contributed by atoms with E-state index in [0.717, 1.165) is 0 Å². The molecule has 0 radical (unpaired) electrons. The van der Waals surface area contributed by atoms with Gasteiger partial charge in [-0.3, -0.25) is 0 Å². The van der Waals surface area contributed by atoms with Crippen molar-refractivity contribution in [1.82, 2.24) is 0 Å². The third kappa shape index (κ3) is 3.36. The van der Waals surface area contributed by atoms with Gasteiger partial charge in [-0.1, -0.05) is 0 Å². The van der Waals surface area contributed by atoms with Crippen molar-refractivity contribution in [2.75, 3.05) is 20.8 Å². The lowest BCUT2D eigenvalue weighted by Crippen LogP contribution is -2.37. The normalized spacial score (nSPS) is 12.7. The molecule has 0 fully saturated rings. The van der Waals surface area contributed by atoms with Crippen molar-refractivity contribution in [2.24, 2.45) is 0 Å². The number of esters is 1. The molecular formula is C13H16F2O5. The molecule has 20 heavy (non-hydrogen) atoms. The van der Waals surface area contributed by atoms with Gasteiger partial charge in [0.2, 0.25) is 0 Å². The predicted molar refractivity (Wildman–Crippen MR) is 66.1 cm³/mol. The summed E-state index contributed by atoms with van der Waals surface area (Å²) < 4.78 is 41.6. The number of methoxy groups -OCH3 is 2. The minimum atomic E-state index is -4.06. The van der Waals surface area contributed by atoms with Gasteiger partial charge in [0.05, 0.1) is 20.8 Å². The van der Waals surface area contributed by atoms with Gasteiger partial charge in [-0.15, -0.1) is 0 Å². The Morgan fingerprint density at radius 3 is 2.15 bits per heavy atom. The molecule has 112 valence electrons. The largest absolute Gasteiger partial charge is 0.497 e. The van der Waals surface area contributed by atoms with E-state index in [-0.39, 0.29) is 23.7 Å². The van der Waals surface area contributed by atoms with Crippen molar-refractivity contribution >= 4 is 5.97 Å². The highest BCUT2D eigenvalue weighted by Gasteiger charge is 2.49. The number of carbonyl (C=O) groups is 1. The van der Waals surface area contributed by atoms with Crippen molar-refractivity contribution in [2.45, 2.75) is 19.0 Å². The molecule has 1 unspecified atom stereocenters. The van der Waals surface area contributed by atoms with Gasteiger partial charge >= 0.3 is 11.9 Å². The summed E-state index contributed by atoms with van der Waals surface area (Å²) in [6.07, 6.45) is -2.36.